The first-order valence-corrected chi connectivity index (χ1v) is 7.06. The number of nitrogens with two attached hydrogens (primary N) is 2. The molecule has 114 valence electrons. The molecule has 0 bridgehead atoms. The lowest BCUT2D eigenvalue weighted by Gasteiger charge is -2.34. The lowest BCUT2D eigenvalue weighted by atomic mass is 9.93. The smallest absolute Gasteiger partial charge is 0.270 e. The Morgan fingerprint density at radius 2 is 2.05 bits per heavy atom. The highest BCUT2D eigenvalue weighted by Gasteiger charge is 2.23. The molecule has 1 aliphatic rings. The van der Waals surface area contributed by atoms with Gasteiger partial charge in [-0.25, -0.2) is 0 Å². The molecule has 2 rings (SSSR count). The standard InChI is InChI=1S/C14H20N4O3/c15-6-3-10-4-7-17(8-5-10)13-2-1-11(18(20)21)9-12(13)14(16)19/h1-2,9-10H,3-8,15H2,(H2,16,19). The Morgan fingerprint density at radius 3 is 2.57 bits per heavy atom. The van der Waals surface area contributed by atoms with Crippen LogP contribution >= 0.6 is 0 Å². The molecule has 1 amide bonds. The fraction of sp³-hybridized carbons (Fsp3) is 0.500. The van der Waals surface area contributed by atoms with Gasteiger partial charge in [0.2, 0.25) is 0 Å². The van der Waals surface area contributed by atoms with E-state index in [-0.39, 0.29) is 11.3 Å². The van der Waals surface area contributed by atoms with Gasteiger partial charge in [-0.3, -0.25) is 14.9 Å². The molecular formula is C14H20N4O3. The number of carbonyl (C=O) groups excluding carboxylic acids is 1. The van der Waals surface area contributed by atoms with Crippen molar-refractivity contribution in [2.24, 2.45) is 17.4 Å². The summed E-state index contributed by atoms with van der Waals surface area (Å²) in [6.07, 6.45) is 3.02. The molecule has 4 N–H and O–H groups in total. The van der Waals surface area contributed by atoms with Crippen LogP contribution in [0.2, 0.25) is 0 Å². The molecule has 1 aromatic carbocycles. The van der Waals surface area contributed by atoms with Crippen molar-refractivity contribution in [1.29, 1.82) is 0 Å². The Morgan fingerprint density at radius 1 is 1.38 bits per heavy atom. The molecule has 1 aliphatic heterocycles. The van der Waals surface area contributed by atoms with Crippen LogP contribution in [0.5, 0.6) is 0 Å². The summed E-state index contributed by atoms with van der Waals surface area (Å²) in [4.78, 5) is 23.9. The predicted molar refractivity (Wildman–Crippen MR) is 80.2 cm³/mol. The van der Waals surface area contributed by atoms with Crippen LogP contribution in [0.15, 0.2) is 18.2 Å². The molecule has 1 heterocycles. The third-order valence-corrected chi connectivity index (χ3v) is 3.99. The van der Waals surface area contributed by atoms with E-state index in [1.54, 1.807) is 6.07 Å². The predicted octanol–water partition coefficient (Wildman–Crippen LogP) is 1.26. The molecule has 0 unspecified atom stereocenters. The fourth-order valence-electron chi connectivity index (χ4n) is 2.81. The van der Waals surface area contributed by atoms with Crippen molar-refractivity contribution >= 4 is 17.3 Å². The van der Waals surface area contributed by atoms with E-state index < -0.39 is 10.8 Å². The minimum atomic E-state index is -0.641. The third kappa shape index (κ3) is 3.49. The second-order valence-corrected chi connectivity index (χ2v) is 5.33. The van der Waals surface area contributed by atoms with Crippen LogP contribution in [-0.4, -0.2) is 30.5 Å². The van der Waals surface area contributed by atoms with Crippen LogP contribution in [-0.2, 0) is 0 Å². The Kier molecular flexibility index (Phi) is 4.74. The van der Waals surface area contributed by atoms with Crippen molar-refractivity contribution in [2.45, 2.75) is 19.3 Å². The van der Waals surface area contributed by atoms with Gasteiger partial charge in [-0.2, -0.15) is 0 Å². The maximum Gasteiger partial charge on any atom is 0.270 e. The highest BCUT2D eigenvalue weighted by Crippen LogP contribution is 2.29. The quantitative estimate of drug-likeness (QED) is 0.626. The van der Waals surface area contributed by atoms with Gasteiger partial charge in [-0.05, 0) is 37.8 Å². The van der Waals surface area contributed by atoms with E-state index in [0.717, 1.165) is 32.4 Å². The number of rotatable bonds is 5. The average Bonchev–Trinajstić information content (AvgIpc) is 2.47. The number of hydrogen-bond donors (Lipinski definition) is 2. The number of nitro benzene ring substituents is 1. The van der Waals surface area contributed by atoms with E-state index in [4.69, 9.17) is 11.5 Å². The topological polar surface area (TPSA) is 115 Å². The van der Waals surface area contributed by atoms with Gasteiger partial charge < -0.3 is 16.4 Å². The van der Waals surface area contributed by atoms with Gasteiger partial charge in [0.05, 0.1) is 16.2 Å². The van der Waals surface area contributed by atoms with Crippen LogP contribution < -0.4 is 16.4 Å². The number of nitro groups is 1. The van der Waals surface area contributed by atoms with Crippen molar-refractivity contribution in [3.8, 4) is 0 Å². The molecule has 0 aliphatic carbocycles. The van der Waals surface area contributed by atoms with E-state index in [9.17, 15) is 14.9 Å². The Hall–Kier alpha value is -2.15. The maximum atomic E-state index is 11.6. The lowest BCUT2D eigenvalue weighted by Crippen LogP contribution is -2.35. The zero-order valence-electron chi connectivity index (χ0n) is 11.8. The van der Waals surface area contributed by atoms with E-state index >= 15 is 0 Å². The molecule has 7 heteroatoms. The number of non-ortho nitro benzene ring substituents is 1. The first-order chi connectivity index (χ1) is 10.0. The fourth-order valence-corrected chi connectivity index (χ4v) is 2.81. The molecule has 1 saturated heterocycles. The van der Waals surface area contributed by atoms with Crippen LogP contribution in [0.1, 0.15) is 29.6 Å². The maximum absolute atomic E-state index is 11.6. The van der Waals surface area contributed by atoms with Gasteiger partial charge in [-0.15, -0.1) is 0 Å². The highest BCUT2D eigenvalue weighted by atomic mass is 16.6. The largest absolute Gasteiger partial charge is 0.371 e. The van der Waals surface area contributed by atoms with Gasteiger partial charge in [0.25, 0.3) is 11.6 Å². The van der Waals surface area contributed by atoms with Gasteiger partial charge in [0.1, 0.15) is 0 Å². The molecule has 21 heavy (non-hydrogen) atoms. The molecule has 0 radical (unpaired) electrons. The first kappa shape index (κ1) is 15.2. The van der Waals surface area contributed by atoms with Crippen LogP contribution in [0, 0.1) is 16.0 Å². The van der Waals surface area contributed by atoms with E-state index in [1.807, 2.05) is 0 Å². The zero-order chi connectivity index (χ0) is 15.4. The zero-order valence-corrected chi connectivity index (χ0v) is 11.8. The van der Waals surface area contributed by atoms with Crippen molar-refractivity contribution in [3.63, 3.8) is 0 Å². The number of primary amides is 1. The normalized spacial score (nSPS) is 16.0. The van der Waals surface area contributed by atoms with Gasteiger partial charge in [0, 0.05) is 25.2 Å². The van der Waals surface area contributed by atoms with Crippen molar-refractivity contribution in [3.05, 3.63) is 33.9 Å². The first-order valence-electron chi connectivity index (χ1n) is 7.06. The Bertz CT molecular complexity index is 539. The minimum absolute atomic E-state index is 0.120. The number of benzene rings is 1. The molecule has 0 spiro atoms. The molecule has 1 fully saturated rings. The number of nitrogens with zero attached hydrogens (tertiary/aromatic N) is 2. The highest BCUT2D eigenvalue weighted by molar-refractivity contribution is 5.99. The molecule has 0 atom stereocenters. The summed E-state index contributed by atoms with van der Waals surface area (Å²) in [5, 5.41) is 10.8. The molecule has 0 aromatic heterocycles. The van der Waals surface area contributed by atoms with Gasteiger partial charge >= 0.3 is 0 Å². The second-order valence-electron chi connectivity index (χ2n) is 5.33. The molecule has 1 aromatic rings. The molecular weight excluding hydrogens is 272 g/mol. The number of hydrogen-bond acceptors (Lipinski definition) is 5. The van der Waals surface area contributed by atoms with Crippen molar-refractivity contribution in [1.82, 2.24) is 0 Å². The summed E-state index contributed by atoms with van der Waals surface area (Å²) in [5.41, 5.74) is 11.7. The monoisotopic (exact) mass is 292 g/mol. The Balaban J connectivity index is 2.20. The van der Waals surface area contributed by atoms with E-state index in [2.05, 4.69) is 4.90 Å². The summed E-state index contributed by atoms with van der Waals surface area (Å²) in [6.45, 7) is 2.31. The van der Waals surface area contributed by atoms with Gasteiger partial charge in [-0.1, -0.05) is 0 Å². The summed E-state index contributed by atoms with van der Waals surface area (Å²) >= 11 is 0. The summed E-state index contributed by atoms with van der Waals surface area (Å²) in [6, 6.07) is 4.28. The second kappa shape index (κ2) is 6.53. The number of carbonyl (C=O) groups is 1. The SMILES string of the molecule is NCCC1CCN(c2ccc([N+](=O)[O-])cc2C(N)=O)CC1. The molecule has 0 saturated carbocycles. The minimum Gasteiger partial charge on any atom is -0.371 e. The van der Waals surface area contributed by atoms with Gasteiger partial charge in [0.15, 0.2) is 0 Å². The number of anilines is 1. The summed E-state index contributed by atoms with van der Waals surface area (Å²) in [7, 11) is 0. The van der Waals surface area contributed by atoms with E-state index in [0.29, 0.717) is 18.2 Å². The third-order valence-electron chi connectivity index (χ3n) is 3.99. The van der Waals surface area contributed by atoms with Crippen LogP contribution in [0.25, 0.3) is 0 Å². The van der Waals surface area contributed by atoms with Crippen molar-refractivity contribution in [2.75, 3.05) is 24.5 Å². The lowest BCUT2D eigenvalue weighted by molar-refractivity contribution is -0.384. The Labute approximate surface area is 123 Å². The number of piperidine rings is 1. The molecule has 7 nitrogen and oxygen atoms in total. The van der Waals surface area contributed by atoms with Crippen LogP contribution in [0.4, 0.5) is 11.4 Å². The summed E-state index contributed by atoms with van der Waals surface area (Å²) in [5.74, 6) is -0.0286. The van der Waals surface area contributed by atoms with Crippen LogP contribution in [0.3, 0.4) is 0 Å². The number of amides is 1. The average molecular weight is 292 g/mol. The van der Waals surface area contributed by atoms with E-state index in [1.165, 1.54) is 12.1 Å². The van der Waals surface area contributed by atoms with Crippen molar-refractivity contribution < 1.29 is 9.72 Å². The summed E-state index contributed by atoms with van der Waals surface area (Å²) < 4.78 is 0.